The zero-order chi connectivity index (χ0) is 13.1. The van der Waals surface area contributed by atoms with Crippen LogP contribution in [-0.4, -0.2) is 46.9 Å². The Balaban J connectivity index is 1.70. The van der Waals surface area contributed by atoms with E-state index < -0.39 is 5.97 Å². The number of carbonyl (C=O) groups excluding carboxylic acids is 2. The molecule has 100 valence electrons. The molecule has 2 amide bonds. The number of aliphatic carboxylic acids is 1. The van der Waals surface area contributed by atoms with Crippen molar-refractivity contribution in [3.05, 3.63) is 0 Å². The summed E-state index contributed by atoms with van der Waals surface area (Å²) < 4.78 is 0. The average molecular weight is 254 g/mol. The van der Waals surface area contributed by atoms with Gasteiger partial charge in [-0.15, -0.1) is 0 Å². The molecular weight excluding hydrogens is 236 g/mol. The number of carboxylic acids is 1. The SMILES string of the molecule is O=C(O)CCCNC(=O)C1CC(=O)N(C2CC2)C1. The summed E-state index contributed by atoms with van der Waals surface area (Å²) >= 11 is 0. The summed E-state index contributed by atoms with van der Waals surface area (Å²) in [6.07, 6.45) is 2.88. The van der Waals surface area contributed by atoms with Crippen LogP contribution < -0.4 is 5.32 Å². The topological polar surface area (TPSA) is 86.7 Å². The van der Waals surface area contributed by atoms with Crippen molar-refractivity contribution < 1.29 is 19.5 Å². The van der Waals surface area contributed by atoms with Crippen LogP contribution in [0.25, 0.3) is 0 Å². The van der Waals surface area contributed by atoms with E-state index in [9.17, 15) is 14.4 Å². The van der Waals surface area contributed by atoms with Crippen LogP contribution in [0.5, 0.6) is 0 Å². The molecule has 18 heavy (non-hydrogen) atoms. The monoisotopic (exact) mass is 254 g/mol. The molecule has 1 saturated carbocycles. The molecule has 2 rings (SSSR count). The van der Waals surface area contributed by atoms with Gasteiger partial charge < -0.3 is 15.3 Å². The van der Waals surface area contributed by atoms with Gasteiger partial charge in [0, 0.05) is 32.0 Å². The largest absolute Gasteiger partial charge is 0.481 e. The molecule has 0 bridgehead atoms. The second-order valence-electron chi connectivity index (χ2n) is 4.97. The van der Waals surface area contributed by atoms with Crippen molar-refractivity contribution in [2.24, 2.45) is 5.92 Å². The molecule has 2 aliphatic rings. The van der Waals surface area contributed by atoms with Crippen molar-refractivity contribution in [2.75, 3.05) is 13.1 Å². The number of rotatable bonds is 6. The van der Waals surface area contributed by atoms with Gasteiger partial charge in [-0.3, -0.25) is 14.4 Å². The molecule has 0 aromatic rings. The average Bonchev–Trinajstić information content (AvgIpc) is 3.08. The van der Waals surface area contributed by atoms with Crippen LogP contribution in [0.4, 0.5) is 0 Å². The lowest BCUT2D eigenvalue weighted by Crippen LogP contribution is -2.34. The van der Waals surface area contributed by atoms with E-state index >= 15 is 0 Å². The lowest BCUT2D eigenvalue weighted by molar-refractivity contribution is -0.137. The first kappa shape index (κ1) is 12.9. The fourth-order valence-electron chi connectivity index (χ4n) is 2.24. The minimum Gasteiger partial charge on any atom is -0.481 e. The molecule has 6 nitrogen and oxygen atoms in total. The highest BCUT2D eigenvalue weighted by Crippen LogP contribution is 2.32. The zero-order valence-electron chi connectivity index (χ0n) is 10.2. The molecule has 6 heteroatoms. The second-order valence-corrected chi connectivity index (χ2v) is 4.97. The molecule has 0 radical (unpaired) electrons. The van der Waals surface area contributed by atoms with Gasteiger partial charge in [-0.2, -0.15) is 0 Å². The van der Waals surface area contributed by atoms with Gasteiger partial charge >= 0.3 is 5.97 Å². The Hall–Kier alpha value is -1.59. The van der Waals surface area contributed by atoms with Crippen LogP contribution in [0.2, 0.25) is 0 Å². The normalized spacial score (nSPS) is 23.2. The Labute approximate surface area is 105 Å². The number of nitrogens with one attached hydrogen (secondary N) is 1. The van der Waals surface area contributed by atoms with E-state index in [2.05, 4.69) is 5.32 Å². The molecule has 1 atom stereocenters. The smallest absolute Gasteiger partial charge is 0.303 e. The molecule has 1 aliphatic heterocycles. The molecule has 0 aromatic heterocycles. The lowest BCUT2D eigenvalue weighted by atomic mass is 10.1. The number of carbonyl (C=O) groups is 3. The maximum absolute atomic E-state index is 11.8. The lowest BCUT2D eigenvalue weighted by Gasteiger charge is -2.15. The minimum atomic E-state index is -0.861. The van der Waals surface area contributed by atoms with Crippen molar-refractivity contribution in [1.29, 1.82) is 0 Å². The van der Waals surface area contributed by atoms with Gasteiger partial charge in [0.2, 0.25) is 11.8 Å². The zero-order valence-corrected chi connectivity index (χ0v) is 10.2. The summed E-state index contributed by atoms with van der Waals surface area (Å²) in [5.74, 6) is -1.18. The Kier molecular flexibility index (Phi) is 3.84. The fourth-order valence-corrected chi connectivity index (χ4v) is 2.24. The minimum absolute atomic E-state index is 0.0536. The van der Waals surface area contributed by atoms with Crippen molar-refractivity contribution in [3.63, 3.8) is 0 Å². The molecule has 2 fully saturated rings. The predicted octanol–water partition coefficient (Wildman–Crippen LogP) is -0.0217. The van der Waals surface area contributed by atoms with Crippen molar-refractivity contribution in [1.82, 2.24) is 10.2 Å². The van der Waals surface area contributed by atoms with Gasteiger partial charge in [-0.05, 0) is 19.3 Å². The van der Waals surface area contributed by atoms with E-state index in [0.717, 1.165) is 12.8 Å². The van der Waals surface area contributed by atoms with Gasteiger partial charge in [0.05, 0.1) is 5.92 Å². The van der Waals surface area contributed by atoms with E-state index in [-0.39, 0.29) is 24.2 Å². The standard InChI is InChI=1S/C12H18N2O4/c15-10-6-8(7-14(10)9-3-4-9)12(18)13-5-1-2-11(16)17/h8-9H,1-7H2,(H,13,18)(H,16,17). The summed E-state index contributed by atoms with van der Waals surface area (Å²) in [6, 6.07) is 0.363. The summed E-state index contributed by atoms with van der Waals surface area (Å²) in [5, 5.41) is 11.2. The molecule has 1 saturated heterocycles. The molecule has 1 aliphatic carbocycles. The maximum atomic E-state index is 11.8. The van der Waals surface area contributed by atoms with E-state index in [1.165, 1.54) is 0 Å². The third-order valence-electron chi connectivity index (χ3n) is 3.38. The highest BCUT2D eigenvalue weighted by Gasteiger charge is 2.41. The fraction of sp³-hybridized carbons (Fsp3) is 0.750. The van der Waals surface area contributed by atoms with E-state index in [1.54, 1.807) is 0 Å². The Morgan fingerprint density at radius 1 is 1.39 bits per heavy atom. The Morgan fingerprint density at radius 3 is 2.72 bits per heavy atom. The van der Waals surface area contributed by atoms with Crippen molar-refractivity contribution in [2.45, 2.75) is 38.1 Å². The van der Waals surface area contributed by atoms with Gasteiger partial charge in [0.1, 0.15) is 0 Å². The first-order valence-corrected chi connectivity index (χ1v) is 6.37. The summed E-state index contributed by atoms with van der Waals surface area (Å²) in [4.78, 5) is 35.6. The highest BCUT2D eigenvalue weighted by atomic mass is 16.4. The Bertz CT molecular complexity index is 365. The van der Waals surface area contributed by atoms with E-state index in [1.807, 2.05) is 4.90 Å². The number of nitrogens with zero attached hydrogens (tertiary/aromatic N) is 1. The third-order valence-corrected chi connectivity index (χ3v) is 3.38. The highest BCUT2D eigenvalue weighted by molar-refractivity contribution is 5.89. The first-order valence-electron chi connectivity index (χ1n) is 6.37. The van der Waals surface area contributed by atoms with Gasteiger partial charge in [-0.1, -0.05) is 0 Å². The Morgan fingerprint density at radius 2 is 2.11 bits per heavy atom. The van der Waals surface area contributed by atoms with Gasteiger partial charge in [0.25, 0.3) is 0 Å². The predicted molar refractivity (Wildman–Crippen MR) is 62.7 cm³/mol. The number of carboxylic acid groups (broad SMARTS) is 1. The molecular formula is C12H18N2O4. The van der Waals surface area contributed by atoms with Gasteiger partial charge in [0.15, 0.2) is 0 Å². The number of amides is 2. The summed E-state index contributed by atoms with van der Waals surface area (Å²) in [6.45, 7) is 0.882. The van der Waals surface area contributed by atoms with E-state index in [0.29, 0.717) is 32.0 Å². The van der Waals surface area contributed by atoms with Gasteiger partial charge in [-0.25, -0.2) is 0 Å². The molecule has 0 aromatic carbocycles. The maximum Gasteiger partial charge on any atom is 0.303 e. The number of hydrogen-bond acceptors (Lipinski definition) is 3. The quantitative estimate of drug-likeness (QED) is 0.652. The van der Waals surface area contributed by atoms with E-state index in [4.69, 9.17) is 5.11 Å². The van der Waals surface area contributed by atoms with Crippen LogP contribution in [0, 0.1) is 5.92 Å². The first-order chi connectivity index (χ1) is 8.58. The van der Waals surface area contributed by atoms with Crippen molar-refractivity contribution in [3.8, 4) is 0 Å². The van der Waals surface area contributed by atoms with Crippen LogP contribution in [0.1, 0.15) is 32.1 Å². The molecule has 1 heterocycles. The van der Waals surface area contributed by atoms with Crippen LogP contribution in [0.15, 0.2) is 0 Å². The molecule has 1 unspecified atom stereocenters. The van der Waals surface area contributed by atoms with Crippen molar-refractivity contribution >= 4 is 17.8 Å². The second kappa shape index (κ2) is 5.37. The number of hydrogen-bond donors (Lipinski definition) is 2. The third kappa shape index (κ3) is 3.21. The summed E-state index contributed by atoms with van der Waals surface area (Å²) in [5.41, 5.74) is 0. The molecule has 2 N–H and O–H groups in total. The molecule has 0 spiro atoms. The van der Waals surface area contributed by atoms with Crippen LogP contribution in [0.3, 0.4) is 0 Å². The van der Waals surface area contributed by atoms with Crippen LogP contribution >= 0.6 is 0 Å². The number of likely N-dealkylation sites (tertiary alicyclic amines) is 1. The van der Waals surface area contributed by atoms with Crippen LogP contribution in [-0.2, 0) is 14.4 Å². The summed E-state index contributed by atoms with van der Waals surface area (Å²) in [7, 11) is 0.